The van der Waals surface area contributed by atoms with E-state index in [-0.39, 0.29) is 12.1 Å². The van der Waals surface area contributed by atoms with Gasteiger partial charge < -0.3 is 24.8 Å². The molecule has 3 aliphatic heterocycles. The highest BCUT2D eigenvalue weighted by Crippen LogP contribution is 2.30. The van der Waals surface area contributed by atoms with Crippen molar-refractivity contribution in [1.82, 2.24) is 20.1 Å². The van der Waals surface area contributed by atoms with Crippen LogP contribution in [0.5, 0.6) is 5.75 Å². The van der Waals surface area contributed by atoms with E-state index in [0.29, 0.717) is 12.6 Å². The first-order valence-corrected chi connectivity index (χ1v) is 10.3. The van der Waals surface area contributed by atoms with Crippen LogP contribution >= 0.6 is 0 Å². The molecule has 0 unspecified atom stereocenters. The number of hydrogen-bond acceptors (Lipinski definition) is 5. The van der Waals surface area contributed by atoms with Gasteiger partial charge in [-0.1, -0.05) is 0 Å². The minimum atomic E-state index is 0.0405. The maximum absolute atomic E-state index is 12.6. The maximum Gasteiger partial charge on any atom is 0.317 e. The van der Waals surface area contributed by atoms with Crippen LogP contribution in [0.1, 0.15) is 32.1 Å². The van der Waals surface area contributed by atoms with Gasteiger partial charge in [0.2, 0.25) is 0 Å². The monoisotopic (exact) mass is 373 g/mol. The lowest BCUT2D eigenvalue weighted by Crippen LogP contribution is -2.48. The molecule has 27 heavy (non-hydrogen) atoms. The van der Waals surface area contributed by atoms with Crippen molar-refractivity contribution in [3.63, 3.8) is 0 Å². The molecule has 0 aliphatic carbocycles. The van der Waals surface area contributed by atoms with E-state index in [2.05, 4.69) is 27.1 Å². The average Bonchev–Trinajstić information content (AvgIpc) is 3.36. The van der Waals surface area contributed by atoms with Crippen molar-refractivity contribution >= 4 is 11.8 Å². The largest absolute Gasteiger partial charge is 0.485 e. The van der Waals surface area contributed by atoms with Crippen LogP contribution in [0.3, 0.4) is 0 Å². The number of urea groups is 1. The number of piperidine rings is 1. The van der Waals surface area contributed by atoms with E-state index in [1.807, 2.05) is 23.2 Å². The molecule has 0 radical (unpaired) electrons. The number of pyridine rings is 1. The zero-order valence-corrected chi connectivity index (χ0v) is 16.3. The highest BCUT2D eigenvalue weighted by Gasteiger charge is 2.30. The number of carbonyl (C=O) groups excluding carboxylic acids is 1. The van der Waals surface area contributed by atoms with E-state index in [1.165, 1.54) is 12.8 Å². The van der Waals surface area contributed by atoms with E-state index in [0.717, 1.165) is 63.6 Å². The van der Waals surface area contributed by atoms with Gasteiger partial charge >= 0.3 is 6.03 Å². The number of carbonyl (C=O) groups is 1. The predicted octanol–water partition coefficient (Wildman–Crippen LogP) is 1.94. The fraction of sp³-hybridized carbons (Fsp3) is 0.700. The lowest BCUT2D eigenvalue weighted by molar-refractivity contribution is 0.176. The number of anilines is 1. The second-order valence-corrected chi connectivity index (χ2v) is 8.02. The van der Waals surface area contributed by atoms with Crippen molar-refractivity contribution < 1.29 is 9.53 Å². The van der Waals surface area contributed by atoms with Gasteiger partial charge in [-0.25, -0.2) is 9.78 Å². The maximum atomic E-state index is 12.6. The SMILES string of the molecule is CN1CCC(NC(=O)N2CC[C@H](Oc3cccnc3N3CCCC3)C2)CC1. The molecule has 7 heteroatoms. The first-order valence-electron chi connectivity index (χ1n) is 10.3. The molecule has 3 aliphatic rings. The summed E-state index contributed by atoms with van der Waals surface area (Å²) in [6.07, 6.45) is 7.23. The average molecular weight is 374 g/mol. The molecule has 1 N–H and O–H groups in total. The molecule has 0 saturated carbocycles. The number of aromatic nitrogens is 1. The summed E-state index contributed by atoms with van der Waals surface area (Å²) >= 11 is 0. The topological polar surface area (TPSA) is 60.9 Å². The van der Waals surface area contributed by atoms with E-state index in [4.69, 9.17) is 4.74 Å². The minimum absolute atomic E-state index is 0.0405. The summed E-state index contributed by atoms with van der Waals surface area (Å²) in [5.74, 6) is 1.80. The summed E-state index contributed by atoms with van der Waals surface area (Å²) in [6.45, 7) is 5.59. The van der Waals surface area contributed by atoms with Crippen LogP contribution in [0.15, 0.2) is 18.3 Å². The Morgan fingerprint density at radius 2 is 1.93 bits per heavy atom. The van der Waals surface area contributed by atoms with E-state index in [1.54, 1.807) is 0 Å². The number of nitrogens with zero attached hydrogens (tertiary/aromatic N) is 4. The number of likely N-dealkylation sites (tertiary alicyclic amines) is 2. The smallest absolute Gasteiger partial charge is 0.317 e. The molecule has 3 saturated heterocycles. The lowest BCUT2D eigenvalue weighted by Gasteiger charge is -2.30. The summed E-state index contributed by atoms with van der Waals surface area (Å²) in [7, 11) is 2.13. The van der Waals surface area contributed by atoms with Gasteiger partial charge in [-0.2, -0.15) is 0 Å². The third kappa shape index (κ3) is 4.46. The van der Waals surface area contributed by atoms with Crippen molar-refractivity contribution in [1.29, 1.82) is 0 Å². The van der Waals surface area contributed by atoms with Crippen LogP contribution in [-0.2, 0) is 0 Å². The fourth-order valence-electron chi connectivity index (χ4n) is 4.25. The van der Waals surface area contributed by atoms with Crippen LogP contribution in [0.2, 0.25) is 0 Å². The highest BCUT2D eigenvalue weighted by molar-refractivity contribution is 5.75. The summed E-state index contributed by atoms with van der Waals surface area (Å²) in [5, 5.41) is 3.21. The highest BCUT2D eigenvalue weighted by atomic mass is 16.5. The molecule has 4 heterocycles. The van der Waals surface area contributed by atoms with Crippen LogP contribution in [-0.4, -0.2) is 79.3 Å². The van der Waals surface area contributed by atoms with Crippen molar-refractivity contribution in [2.75, 3.05) is 51.2 Å². The van der Waals surface area contributed by atoms with Crippen molar-refractivity contribution in [2.24, 2.45) is 0 Å². The quantitative estimate of drug-likeness (QED) is 0.874. The Morgan fingerprint density at radius 3 is 2.70 bits per heavy atom. The summed E-state index contributed by atoms with van der Waals surface area (Å²) in [5.41, 5.74) is 0. The molecule has 0 spiro atoms. The molecule has 148 valence electrons. The fourth-order valence-corrected chi connectivity index (χ4v) is 4.25. The Balaban J connectivity index is 1.30. The number of nitrogens with one attached hydrogen (secondary N) is 1. The van der Waals surface area contributed by atoms with Crippen LogP contribution in [0.25, 0.3) is 0 Å². The van der Waals surface area contributed by atoms with Crippen molar-refractivity contribution in [2.45, 2.75) is 44.2 Å². The molecule has 3 fully saturated rings. The molecule has 0 aromatic carbocycles. The molecular formula is C20H31N5O2. The van der Waals surface area contributed by atoms with Crippen molar-refractivity contribution in [3.05, 3.63) is 18.3 Å². The first-order chi connectivity index (χ1) is 13.2. The molecular weight excluding hydrogens is 342 g/mol. The molecule has 1 atom stereocenters. The summed E-state index contributed by atoms with van der Waals surface area (Å²) in [4.78, 5) is 23.7. The zero-order valence-electron chi connectivity index (χ0n) is 16.3. The molecule has 4 rings (SSSR count). The third-order valence-corrected chi connectivity index (χ3v) is 5.93. The van der Waals surface area contributed by atoms with Gasteiger partial charge in [-0.15, -0.1) is 0 Å². The Morgan fingerprint density at radius 1 is 1.15 bits per heavy atom. The van der Waals surface area contributed by atoms with Crippen LogP contribution in [0.4, 0.5) is 10.6 Å². The van der Waals surface area contributed by atoms with Gasteiger partial charge in [0.05, 0.1) is 6.54 Å². The van der Waals surface area contributed by atoms with Gasteiger partial charge in [-0.05, 0) is 58.0 Å². The van der Waals surface area contributed by atoms with Gasteiger partial charge in [-0.3, -0.25) is 0 Å². The van der Waals surface area contributed by atoms with Gasteiger partial charge in [0, 0.05) is 38.3 Å². The summed E-state index contributed by atoms with van der Waals surface area (Å²) < 4.78 is 6.27. The van der Waals surface area contributed by atoms with E-state index >= 15 is 0 Å². The number of ether oxygens (including phenoxy) is 1. The molecule has 7 nitrogen and oxygen atoms in total. The van der Waals surface area contributed by atoms with E-state index in [9.17, 15) is 4.79 Å². The van der Waals surface area contributed by atoms with Crippen LogP contribution in [0, 0.1) is 0 Å². The normalized spacial score (nSPS) is 24.4. The van der Waals surface area contributed by atoms with Gasteiger partial charge in [0.25, 0.3) is 0 Å². The number of amides is 2. The molecule has 2 amide bonds. The molecule has 0 bridgehead atoms. The predicted molar refractivity (Wildman–Crippen MR) is 105 cm³/mol. The zero-order chi connectivity index (χ0) is 18.6. The second-order valence-electron chi connectivity index (χ2n) is 8.02. The van der Waals surface area contributed by atoms with Crippen molar-refractivity contribution in [3.8, 4) is 5.75 Å². The standard InChI is InChI=1S/C20H31N5O2/c1-23-12-6-16(7-13-23)22-20(26)25-14-8-17(15-25)27-18-5-4-9-21-19(18)24-10-2-3-11-24/h4-5,9,16-17H,2-3,6-8,10-15H2,1H3,(H,22,26)/t17-/m0/s1. The number of hydrogen-bond donors (Lipinski definition) is 1. The van der Waals surface area contributed by atoms with Crippen LogP contribution < -0.4 is 15.0 Å². The van der Waals surface area contributed by atoms with E-state index < -0.39 is 0 Å². The first kappa shape index (κ1) is 18.3. The lowest BCUT2D eigenvalue weighted by atomic mass is 10.1. The summed E-state index contributed by atoms with van der Waals surface area (Å²) in [6, 6.07) is 4.28. The molecule has 1 aromatic heterocycles. The Hall–Kier alpha value is -2.02. The Bertz CT molecular complexity index is 641. The third-order valence-electron chi connectivity index (χ3n) is 5.93. The Kier molecular flexibility index (Phi) is 5.66. The Labute approximate surface area is 161 Å². The van der Waals surface area contributed by atoms with Gasteiger partial charge in [0.15, 0.2) is 11.6 Å². The number of rotatable bonds is 4. The molecule has 1 aromatic rings. The van der Waals surface area contributed by atoms with Gasteiger partial charge in [0.1, 0.15) is 6.10 Å². The second kappa shape index (κ2) is 8.33. The minimum Gasteiger partial charge on any atom is -0.485 e.